The second-order valence-electron chi connectivity index (χ2n) is 7.42. The Bertz CT molecular complexity index is 806. The zero-order chi connectivity index (χ0) is 20.4. The van der Waals surface area contributed by atoms with Gasteiger partial charge in [-0.15, -0.1) is 13.2 Å². The first kappa shape index (κ1) is 20.1. The number of alkyl halides is 3. The Morgan fingerprint density at radius 2 is 1.93 bits per heavy atom. The van der Waals surface area contributed by atoms with Crippen LogP contribution in [0, 0.1) is 6.92 Å². The maximum atomic E-state index is 12.4. The predicted octanol–water partition coefficient (Wildman–Crippen LogP) is 2.80. The fourth-order valence-corrected chi connectivity index (χ4v) is 4.01. The maximum absolute atomic E-state index is 12.4. The van der Waals surface area contributed by atoms with Crippen LogP contribution in [0.1, 0.15) is 35.5 Å². The molecule has 4 rings (SSSR count). The summed E-state index contributed by atoms with van der Waals surface area (Å²) in [4.78, 5) is 6.68. The highest BCUT2D eigenvalue weighted by molar-refractivity contribution is 5.30. The van der Waals surface area contributed by atoms with Gasteiger partial charge >= 0.3 is 6.36 Å². The Balaban J connectivity index is 1.54. The molecule has 0 radical (unpaired) electrons. The molecule has 0 amide bonds. The first-order valence-electron chi connectivity index (χ1n) is 9.58. The van der Waals surface area contributed by atoms with Gasteiger partial charge in [0.25, 0.3) is 0 Å². The number of nitrogens with zero attached hydrogens (tertiary/aromatic N) is 3. The van der Waals surface area contributed by atoms with Crippen molar-refractivity contribution >= 4 is 0 Å². The van der Waals surface area contributed by atoms with E-state index >= 15 is 0 Å². The first-order chi connectivity index (χ1) is 13.9. The second kappa shape index (κ2) is 8.29. The number of rotatable bonds is 4. The number of likely N-dealkylation sites (tertiary alicyclic amines) is 1. The average Bonchev–Trinajstić information content (AvgIpc) is 3.14. The van der Waals surface area contributed by atoms with E-state index in [9.17, 15) is 13.2 Å². The van der Waals surface area contributed by atoms with Crippen molar-refractivity contribution in [2.45, 2.75) is 37.7 Å². The molecular formula is C19H23F3N4O3. The summed E-state index contributed by atoms with van der Waals surface area (Å²) in [5.41, 5.74) is 0.946. The summed E-state index contributed by atoms with van der Waals surface area (Å²) in [6.07, 6.45) is -3.85. The van der Waals surface area contributed by atoms with Gasteiger partial charge in [-0.05, 0) is 37.0 Å². The molecule has 0 spiro atoms. The van der Waals surface area contributed by atoms with Gasteiger partial charge in [0.05, 0.1) is 25.3 Å². The normalized spacial score (nSPS) is 26.4. The van der Waals surface area contributed by atoms with Crippen molar-refractivity contribution in [3.8, 4) is 5.75 Å². The van der Waals surface area contributed by atoms with Crippen LogP contribution in [0.15, 0.2) is 28.8 Å². The Hall–Kier alpha value is -2.17. The maximum Gasteiger partial charge on any atom is 0.573 e. The highest BCUT2D eigenvalue weighted by atomic mass is 19.4. The van der Waals surface area contributed by atoms with E-state index in [2.05, 4.69) is 25.1 Å². The molecular weight excluding hydrogens is 389 g/mol. The number of nitrogens with one attached hydrogen (secondary N) is 1. The molecule has 3 heterocycles. The van der Waals surface area contributed by atoms with Gasteiger partial charge in [-0.25, -0.2) is 0 Å². The molecule has 0 aliphatic carbocycles. The topological polar surface area (TPSA) is 72.7 Å². The fourth-order valence-electron chi connectivity index (χ4n) is 4.01. The van der Waals surface area contributed by atoms with E-state index < -0.39 is 6.36 Å². The van der Waals surface area contributed by atoms with E-state index in [0.717, 1.165) is 31.6 Å². The molecule has 0 bridgehead atoms. The highest BCUT2D eigenvalue weighted by Gasteiger charge is 2.36. The first-order valence-corrected chi connectivity index (χ1v) is 9.58. The summed E-state index contributed by atoms with van der Waals surface area (Å²) in [7, 11) is 0. The van der Waals surface area contributed by atoms with Crippen LogP contribution >= 0.6 is 0 Å². The van der Waals surface area contributed by atoms with E-state index in [1.165, 1.54) is 12.1 Å². The van der Waals surface area contributed by atoms with Crippen LogP contribution in [0.3, 0.4) is 0 Å². The summed E-state index contributed by atoms with van der Waals surface area (Å²) < 4.78 is 52.3. The molecule has 158 valence electrons. The molecule has 0 saturated carbocycles. The zero-order valence-corrected chi connectivity index (χ0v) is 16.0. The Morgan fingerprint density at radius 1 is 1.17 bits per heavy atom. The largest absolute Gasteiger partial charge is 0.573 e. The third kappa shape index (κ3) is 5.06. The third-order valence-corrected chi connectivity index (χ3v) is 5.30. The van der Waals surface area contributed by atoms with Crippen molar-refractivity contribution < 1.29 is 27.2 Å². The lowest BCUT2D eigenvalue weighted by Crippen LogP contribution is -2.56. The van der Waals surface area contributed by atoms with Crippen LogP contribution in [0.25, 0.3) is 0 Å². The molecule has 29 heavy (non-hydrogen) atoms. The minimum atomic E-state index is -4.70. The van der Waals surface area contributed by atoms with Gasteiger partial charge in [0, 0.05) is 19.6 Å². The standard InChI is InChI=1S/C19H23F3N4O3/c1-12-24-18(29-25-12)15-8-14(9-26(10-15)17-11-27-7-6-23-17)13-2-4-16(5-3-13)28-19(20,21)22/h2-5,14-15,17,23H,6-11H2,1H3. The van der Waals surface area contributed by atoms with Crippen molar-refractivity contribution in [1.29, 1.82) is 0 Å². The molecule has 7 nitrogen and oxygen atoms in total. The van der Waals surface area contributed by atoms with Crippen molar-refractivity contribution in [2.24, 2.45) is 0 Å². The Labute approximate surface area is 166 Å². The number of piperidine rings is 1. The molecule has 10 heteroatoms. The summed E-state index contributed by atoms with van der Waals surface area (Å²) in [6.45, 7) is 5.32. The molecule has 2 fully saturated rings. The fraction of sp³-hybridized carbons (Fsp3) is 0.579. The van der Waals surface area contributed by atoms with E-state index in [4.69, 9.17) is 9.26 Å². The van der Waals surface area contributed by atoms with Crippen LogP contribution in [0.2, 0.25) is 0 Å². The molecule has 1 aromatic carbocycles. The minimum Gasteiger partial charge on any atom is -0.406 e. The van der Waals surface area contributed by atoms with Crippen LogP contribution in [-0.2, 0) is 4.74 Å². The number of hydrogen-bond acceptors (Lipinski definition) is 7. The zero-order valence-electron chi connectivity index (χ0n) is 16.0. The van der Waals surface area contributed by atoms with Gasteiger partial charge in [0.1, 0.15) is 5.75 Å². The van der Waals surface area contributed by atoms with Gasteiger partial charge in [0.2, 0.25) is 5.89 Å². The predicted molar refractivity (Wildman–Crippen MR) is 96.4 cm³/mol. The van der Waals surface area contributed by atoms with Gasteiger partial charge in [-0.1, -0.05) is 17.3 Å². The Kier molecular flexibility index (Phi) is 5.75. The minimum absolute atomic E-state index is 0.0322. The summed E-state index contributed by atoms with van der Waals surface area (Å²) in [5, 5.41) is 7.37. The van der Waals surface area contributed by atoms with Crippen molar-refractivity contribution in [3.05, 3.63) is 41.5 Å². The van der Waals surface area contributed by atoms with Crippen LogP contribution < -0.4 is 10.1 Å². The number of benzene rings is 1. The monoisotopic (exact) mass is 412 g/mol. The molecule has 3 unspecified atom stereocenters. The highest BCUT2D eigenvalue weighted by Crippen LogP contribution is 2.37. The smallest absolute Gasteiger partial charge is 0.406 e. The number of halogens is 3. The third-order valence-electron chi connectivity index (χ3n) is 5.30. The van der Waals surface area contributed by atoms with Crippen LogP contribution in [0.4, 0.5) is 13.2 Å². The number of hydrogen-bond donors (Lipinski definition) is 1. The SMILES string of the molecule is Cc1noc(C2CC(c3ccc(OC(F)(F)F)cc3)CN(C3COCCN3)C2)n1. The van der Waals surface area contributed by atoms with Gasteiger partial charge in [-0.3, -0.25) is 10.2 Å². The van der Waals surface area contributed by atoms with E-state index in [1.807, 2.05) is 0 Å². The van der Waals surface area contributed by atoms with Crippen LogP contribution in [0.5, 0.6) is 5.75 Å². The summed E-state index contributed by atoms with van der Waals surface area (Å²) >= 11 is 0. The molecule has 3 atom stereocenters. The van der Waals surface area contributed by atoms with E-state index in [-0.39, 0.29) is 23.8 Å². The van der Waals surface area contributed by atoms with Crippen molar-refractivity contribution in [3.63, 3.8) is 0 Å². The van der Waals surface area contributed by atoms with Gasteiger partial charge < -0.3 is 14.0 Å². The molecule has 1 N–H and O–H groups in total. The lowest BCUT2D eigenvalue weighted by Gasteiger charge is -2.42. The average molecular weight is 412 g/mol. The number of ether oxygens (including phenoxy) is 2. The lowest BCUT2D eigenvalue weighted by molar-refractivity contribution is -0.274. The molecule has 2 aliphatic rings. The second-order valence-corrected chi connectivity index (χ2v) is 7.42. The van der Waals surface area contributed by atoms with Gasteiger partial charge in [-0.2, -0.15) is 4.98 Å². The van der Waals surface area contributed by atoms with Crippen molar-refractivity contribution in [2.75, 3.05) is 32.8 Å². The number of aromatic nitrogens is 2. The van der Waals surface area contributed by atoms with Crippen molar-refractivity contribution in [1.82, 2.24) is 20.4 Å². The van der Waals surface area contributed by atoms with Gasteiger partial charge in [0.15, 0.2) is 5.82 Å². The molecule has 2 saturated heterocycles. The molecule has 1 aromatic heterocycles. The molecule has 2 aliphatic heterocycles. The van der Waals surface area contributed by atoms with E-state index in [0.29, 0.717) is 24.9 Å². The van der Waals surface area contributed by atoms with Crippen LogP contribution in [-0.4, -0.2) is 60.4 Å². The lowest BCUT2D eigenvalue weighted by atomic mass is 9.84. The Morgan fingerprint density at radius 3 is 2.55 bits per heavy atom. The number of aryl methyl sites for hydroxylation is 1. The molecule has 2 aromatic rings. The van der Waals surface area contributed by atoms with E-state index in [1.54, 1.807) is 19.1 Å². The summed E-state index contributed by atoms with van der Waals surface area (Å²) in [5.74, 6) is 1.09. The number of morpholine rings is 1. The quantitative estimate of drug-likeness (QED) is 0.828. The summed E-state index contributed by atoms with van der Waals surface area (Å²) in [6, 6.07) is 6.09.